The summed E-state index contributed by atoms with van der Waals surface area (Å²) in [5.41, 5.74) is -2.83. The van der Waals surface area contributed by atoms with Gasteiger partial charge in [0, 0.05) is 0 Å². The molecule has 0 heterocycles. The molecule has 0 rings (SSSR count). The van der Waals surface area contributed by atoms with E-state index in [1.165, 1.54) is 0 Å². The Morgan fingerprint density at radius 2 is 0.667 bits per heavy atom. The van der Waals surface area contributed by atoms with Crippen molar-refractivity contribution in [1.29, 1.82) is 0 Å². The zero-order valence-electron chi connectivity index (χ0n) is 6.39. The molecule has 0 bridgehead atoms. The predicted molar refractivity (Wildman–Crippen MR) is 32.3 cm³/mol. The van der Waals surface area contributed by atoms with Crippen molar-refractivity contribution in [2.75, 3.05) is 0 Å². The molecular weight excluding hydrogens is 268 g/mol. The fraction of sp³-hybridized carbons (Fsp3) is 1.00. The van der Waals surface area contributed by atoms with E-state index in [1.54, 1.807) is 0 Å². The van der Waals surface area contributed by atoms with E-state index in [0.717, 1.165) is 0 Å². The Labute approximate surface area is 82.8 Å². The summed E-state index contributed by atoms with van der Waals surface area (Å²) in [6.07, 6.45) is -19.9. The van der Waals surface area contributed by atoms with E-state index in [1.807, 2.05) is 0 Å². The van der Waals surface area contributed by atoms with Gasteiger partial charge in [-0.3, -0.25) is 0 Å². The van der Waals surface area contributed by atoms with Crippen LogP contribution in [-0.2, 0) is 0 Å². The first-order valence-corrected chi connectivity index (χ1v) is 2.74. The van der Waals surface area contributed by atoms with Gasteiger partial charge >= 0.3 is 24.1 Å². The molecule has 0 aromatic heterocycles. The lowest BCUT2D eigenvalue weighted by atomic mass is 9.99. The quantitative estimate of drug-likeness (QED) is 0.674. The zero-order chi connectivity index (χ0) is 12.0. The van der Waals surface area contributed by atoms with Crippen molar-refractivity contribution in [3.05, 3.63) is 0 Å². The highest BCUT2D eigenvalue weighted by molar-refractivity contribution is 5.85. The summed E-state index contributed by atoms with van der Waals surface area (Å²) < 4.78 is 104. The Balaban J connectivity index is 0. The molecule has 0 saturated carbocycles. The predicted octanol–water partition coefficient (Wildman–Crippen LogP) is 2.79. The molecule has 0 amide bonds. The van der Waals surface area contributed by atoms with Crippen LogP contribution in [0.15, 0.2) is 0 Å². The van der Waals surface area contributed by atoms with Crippen molar-refractivity contribution < 1.29 is 39.5 Å². The summed E-state index contributed by atoms with van der Waals surface area (Å²) in [5.74, 6) is 0. The van der Waals surface area contributed by atoms with E-state index in [4.69, 9.17) is 0 Å². The van der Waals surface area contributed by atoms with Crippen LogP contribution >= 0.6 is 12.4 Å². The number of rotatable bonds is 0. The smallest absolute Gasteiger partial charge is 0.302 e. The maximum absolute atomic E-state index is 11.5. The van der Waals surface area contributed by atoms with E-state index in [0.29, 0.717) is 0 Å². The third-order valence-electron chi connectivity index (χ3n) is 1.34. The van der Waals surface area contributed by atoms with Crippen LogP contribution in [0.25, 0.3) is 0 Å². The fourth-order valence-corrected chi connectivity index (χ4v) is 0.482. The second-order valence-electron chi connectivity index (χ2n) is 2.30. The van der Waals surface area contributed by atoms with E-state index >= 15 is 0 Å². The maximum Gasteiger partial charge on any atom is 0.424 e. The molecule has 0 spiro atoms. The first kappa shape index (κ1) is 17.0. The number of halogens is 10. The molecule has 0 aromatic carbocycles. The van der Waals surface area contributed by atoms with Gasteiger partial charge < -0.3 is 5.73 Å². The summed E-state index contributed by atoms with van der Waals surface area (Å²) in [6.45, 7) is 0. The van der Waals surface area contributed by atoms with Crippen LogP contribution in [-0.4, -0.2) is 24.1 Å². The number of nitrogens with two attached hydrogens (primary N) is 1. The van der Waals surface area contributed by atoms with E-state index < -0.39 is 24.1 Å². The van der Waals surface area contributed by atoms with Crippen molar-refractivity contribution in [2.45, 2.75) is 24.1 Å². The standard InChI is InChI=1S/C4H2F9N.ClH/c5-2(6,7)1(14,3(8,9)10)4(11,12)13;/h14H2;1H. The molecule has 0 aliphatic rings. The third kappa shape index (κ3) is 2.60. The second kappa shape index (κ2) is 3.89. The molecule has 2 N–H and O–H groups in total. The van der Waals surface area contributed by atoms with Gasteiger partial charge in [0.1, 0.15) is 0 Å². The zero-order valence-corrected chi connectivity index (χ0v) is 7.20. The normalized spacial score (nSPS) is 14.8. The first-order chi connectivity index (χ1) is 5.75. The third-order valence-corrected chi connectivity index (χ3v) is 1.34. The monoisotopic (exact) mass is 271 g/mol. The molecule has 94 valence electrons. The molecule has 15 heavy (non-hydrogen) atoms. The molecule has 0 radical (unpaired) electrons. The first-order valence-electron chi connectivity index (χ1n) is 2.74. The van der Waals surface area contributed by atoms with Crippen molar-refractivity contribution in [2.24, 2.45) is 5.73 Å². The lowest BCUT2D eigenvalue weighted by molar-refractivity contribution is -0.378. The molecule has 1 nitrogen and oxygen atoms in total. The van der Waals surface area contributed by atoms with Gasteiger partial charge in [-0.15, -0.1) is 12.4 Å². The van der Waals surface area contributed by atoms with E-state index in [-0.39, 0.29) is 12.4 Å². The molecule has 0 unspecified atom stereocenters. The van der Waals surface area contributed by atoms with Gasteiger partial charge in [0.05, 0.1) is 0 Å². The van der Waals surface area contributed by atoms with Crippen molar-refractivity contribution in [1.82, 2.24) is 0 Å². The molecular formula is C4H3ClF9N. The number of alkyl halides is 9. The summed E-state index contributed by atoms with van der Waals surface area (Å²) in [6, 6.07) is 0. The van der Waals surface area contributed by atoms with Gasteiger partial charge in [0.25, 0.3) is 0 Å². The summed E-state index contributed by atoms with van der Waals surface area (Å²) in [7, 11) is 0. The second-order valence-corrected chi connectivity index (χ2v) is 2.30. The van der Waals surface area contributed by atoms with Gasteiger partial charge in [-0.1, -0.05) is 0 Å². The Kier molecular flexibility index (Phi) is 4.41. The molecule has 0 fully saturated rings. The van der Waals surface area contributed by atoms with Gasteiger partial charge in [0.15, 0.2) is 0 Å². The van der Waals surface area contributed by atoms with E-state index in [2.05, 4.69) is 5.73 Å². The van der Waals surface area contributed by atoms with Gasteiger partial charge in [-0.05, 0) is 0 Å². The van der Waals surface area contributed by atoms with Gasteiger partial charge in [0.2, 0.25) is 0 Å². The van der Waals surface area contributed by atoms with Crippen molar-refractivity contribution in [3.63, 3.8) is 0 Å². The molecule has 0 aliphatic heterocycles. The number of hydrogen-bond donors (Lipinski definition) is 1. The van der Waals surface area contributed by atoms with Crippen LogP contribution in [0, 0.1) is 0 Å². The Morgan fingerprint density at radius 1 is 0.533 bits per heavy atom. The van der Waals surface area contributed by atoms with Gasteiger partial charge in [-0.25, -0.2) is 0 Å². The average Bonchev–Trinajstić information content (AvgIpc) is 1.77. The number of hydrogen-bond acceptors (Lipinski definition) is 1. The Hall–Kier alpha value is -0.380. The summed E-state index contributed by atoms with van der Waals surface area (Å²) >= 11 is 0. The Bertz CT molecular complexity index is 176. The fourth-order valence-electron chi connectivity index (χ4n) is 0.482. The lowest BCUT2D eigenvalue weighted by Crippen LogP contribution is -2.72. The molecule has 0 atom stereocenters. The highest BCUT2D eigenvalue weighted by Gasteiger charge is 2.81. The molecule has 0 aromatic rings. The largest absolute Gasteiger partial charge is 0.424 e. The maximum atomic E-state index is 11.5. The minimum atomic E-state index is -6.65. The molecule has 11 heteroatoms. The van der Waals surface area contributed by atoms with Crippen molar-refractivity contribution in [3.8, 4) is 0 Å². The Morgan fingerprint density at radius 3 is 0.667 bits per heavy atom. The minimum absolute atomic E-state index is 0. The van der Waals surface area contributed by atoms with Gasteiger partial charge in [-0.2, -0.15) is 39.5 Å². The average molecular weight is 272 g/mol. The van der Waals surface area contributed by atoms with Crippen LogP contribution in [0.1, 0.15) is 0 Å². The summed E-state index contributed by atoms with van der Waals surface area (Å²) in [4.78, 5) is 0. The topological polar surface area (TPSA) is 26.0 Å². The minimum Gasteiger partial charge on any atom is -0.302 e. The van der Waals surface area contributed by atoms with Crippen LogP contribution < -0.4 is 5.73 Å². The van der Waals surface area contributed by atoms with Crippen LogP contribution in [0.3, 0.4) is 0 Å². The highest BCUT2D eigenvalue weighted by atomic mass is 35.5. The van der Waals surface area contributed by atoms with Crippen LogP contribution in [0.4, 0.5) is 39.5 Å². The lowest BCUT2D eigenvalue weighted by Gasteiger charge is -2.34. The molecule has 0 aliphatic carbocycles. The SMILES string of the molecule is Cl.NC(C(F)(F)F)(C(F)(F)F)C(F)(F)F. The summed E-state index contributed by atoms with van der Waals surface area (Å²) in [5, 5.41) is 0. The van der Waals surface area contributed by atoms with Crippen LogP contribution in [0.5, 0.6) is 0 Å². The highest BCUT2D eigenvalue weighted by Crippen LogP contribution is 2.50. The molecule has 0 saturated heterocycles. The van der Waals surface area contributed by atoms with Crippen LogP contribution in [0.2, 0.25) is 0 Å². The van der Waals surface area contributed by atoms with Crippen molar-refractivity contribution >= 4 is 12.4 Å². The van der Waals surface area contributed by atoms with E-state index in [9.17, 15) is 39.5 Å².